The molecule has 0 radical (unpaired) electrons. The Morgan fingerprint density at radius 3 is 2.53 bits per heavy atom. The topological polar surface area (TPSA) is 82.3 Å². The van der Waals surface area contributed by atoms with E-state index in [2.05, 4.69) is 4.99 Å². The van der Waals surface area contributed by atoms with Crippen molar-refractivity contribution in [3.05, 3.63) is 0 Å². The fourth-order valence-electron chi connectivity index (χ4n) is 1.11. The van der Waals surface area contributed by atoms with E-state index in [1.54, 1.807) is 6.26 Å². The van der Waals surface area contributed by atoms with E-state index in [9.17, 15) is 9.50 Å². The van der Waals surface area contributed by atoms with Gasteiger partial charge in [-0.05, 0) is 13.2 Å². The van der Waals surface area contributed by atoms with Crippen molar-refractivity contribution < 1.29 is 24.4 Å². The van der Waals surface area contributed by atoms with Crippen LogP contribution in [0.15, 0.2) is 4.99 Å². The molecule has 102 valence electrons. The van der Waals surface area contributed by atoms with Gasteiger partial charge in [-0.3, -0.25) is 4.99 Å². The lowest BCUT2D eigenvalue weighted by atomic mass is 10.1. The third kappa shape index (κ3) is 6.95. The van der Waals surface area contributed by atoms with Crippen LogP contribution in [0.2, 0.25) is 0 Å². The molecule has 0 heterocycles. The number of ether oxygens (including phenoxy) is 1. The second-order valence-electron chi connectivity index (χ2n) is 3.44. The van der Waals surface area contributed by atoms with Crippen molar-refractivity contribution >= 4 is 16.8 Å². The van der Waals surface area contributed by atoms with Crippen LogP contribution < -0.4 is 0 Å². The van der Waals surface area contributed by atoms with Crippen molar-refractivity contribution in [3.63, 3.8) is 0 Å². The van der Waals surface area contributed by atoms with Crippen LogP contribution in [0.4, 0.5) is 4.39 Å². The molecule has 5 nitrogen and oxygen atoms in total. The van der Waals surface area contributed by atoms with E-state index in [1.165, 1.54) is 18.7 Å². The number of halogens is 1. The first-order valence-corrected chi connectivity index (χ1v) is 6.51. The van der Waals surface area contributed by atoms with Crippen molar-refractivity contribution in [1.29, 1.82) is 0 Å². The van der Waals surface area contributed by atoms with Gasteiger partial charge in [-0.1, -0.05) is 0 Å². The molecule has 3 N–H and O–H groups in total. The summed E-state index contributed by atoms with van der Waals surface area (Å²) in [7, 11) is 0. The van der Waals surface area contributed by atoms with Gasteiger partial charge in [0.25, 0.3) is 0 Å². The van der Waals surface area contributed by atoms with Gasteiger partial charge in [-0.15, -0.1) is 11.8 Å². The Kier molecular flexibility index (Phi) is 9.66. The Morgan fingerprint density at radius 1 is 1.47 bits per heavy atom. The zero-order valence-electron chi connectivity index (χ0n) is 10.0. The highest BCUT2D eigenvalue weighted by Crippen LogP contribution is 2.04. The fourth-order valence-corrected chi connectivity index (χ4v) is 1.44. The number of aliphatic imine (C=N–C) groups is 1. The normalized spacial score (nSPS) is 17.9. The third-order valence-electron chi connectivity index (χ3n) is 2.12. The van der Waals surface area contributed by atoms with E-state index < -0.39 is 31.6 Å². The summed E-state index contributed by atoms with van der Waals surface area (Å²) in [6, 6.07) is 0. The van der Waals surface area contributed by atoms with Gasteiger partial charge in [0.1, 0.15) is 18.9 Å². The summed E-state index contributed by atoms with van der Waals surface area (Å²) in [4.78, 5) is 3.92. The largest absolute Gasteiger partial charge is 0.394 e. The Balaban J connectivity index is 3.96. The predicted molar refractivity (Wildman–Crippen MR) is 66.3 cm³/mol. The maximum atomic E-state index is 12.2. The summed E-state index contributed by atoms with van der Waals surface area (Å²) in [5.41, 5.74) is 0. The molecular weight excluding hydrogens is 249 g/mol. The lowest BCUT2D eigenvalue weighted by Gasteiger charge is -2.23. The second kappa shape index (κ2) is 9.78. The number of rotatable bonds is 8. The summed E-state index contributed by atoms with van der Waals surface area (Å²) in [6.07, 6.45) is -1.26. The minimum atomic E-state index is -1.15. The highest BCUT2D eigenvalue weighted by molar-refractivity contribution is 8.13. The van der Waals surface area contributed by atoms with E-state index in [1.807, 2.05) is 0 Å². The van der Waals surface area contributed by atoms with Gasteiger partial charge in [0.05, 0.1) is 30.9 Å². The van der Waals surface area contributed by atoms with E-state index in [0.29, 0.717) is 5.04 Å². The lowest BCUT2D eigenvalue weighted by molar-refractivity contribution is -0.100. The number of hydrogen-bond donors (Lipinski definition) is 3. The summed E-state index contributed by atoms with van der Waals surface area (Å²) in [5.74, 6) is 0. The molecule has 0 saturated heterocycles. The quantitative estimate of drug-likeness (QED) is 0.324. The van der Waals surface area contributed by atoms with Crippen LogP contribution in [0, 0.1) is 0 Å². The van der Waals surface area contributed by atoms with Gasteiger partial charge in [0.2, 0.25) is 0 Å². The van der Waals surface area contributed by atoms with Crippen molar-refractivity contribution in [2.75, 3.05) is 32.7 Å². The van der Waals surface area contributed by atoms with Crippen LogP contribution in [0.25, 0.3) is 0 Å². The van der Waals surface area contributed by atoms with Crippen molar-refractivity contribution in [2.24, 2.45) is 4.99 Å². The lowest BCUT2D eigenvalue weighted by Crippen LogP contribution is -2.40. The third-order valence-corrected chi connectivity index (χ3v) is 2.83. The Labute approximate surface area is 105 Å². The Bertz CT molecular complexity index is 222. The second-order valence-corrected chi connectivity index (χ2v) is 4.32. The highest BCUT2D eigenvalue weighted by Gasteiger charge is 2.23. The van der Waals surface area contributed by atoms with E-state index >= 15 is 0 Å². The van der Waals surface area contributed by atoms with Crippen LogP contribution >= 0.6 is 11.8 Å². The van der Waals surface area contributed by atoms with Crippen molar-refractivity contribution in [3.8, 4) is 0 Å². The first-order chi connectivity index (χ1) is 8.06. The van der Waals surface area contributed by atoms with Crippen molar-refractivity contribution in [1.82, 2.24) is 0 Å². The fraction of sp³-hybridized carbons (Fsp3) is 0.900. The van der Waals surface area contributed by atoms with Crippen LogP contribution in [0.3, 0.4) is 0 Å². The molecule has 3 atom stereocenters. The molecule has 0 saturated carbocycles. The SMILES string of the molecule is CSC(CF)=NCCO[C@H](CO)[C@@H](O)[C@@H](C)O. The average Bonchev–Trinajstić information content (AvgIpc) is 2.33. The van der Waals surface area contributed by atoms with Gasteiger partial charge in [0, 0.05) is 0 Å². The predicted octanol–water partition coefficient (Wildman–Crippen LogP) is -0.163. The van der Waals surface area contributed by atoms with Crippen LogP contribution in [0.5, 0.6) is 0 Å². The molecule has 0 aromatic rings. The molecular formula is C10H20FNO4S. The molecule has 0 aromatic carbocycles. The molecule has 0 unspecified atom stereocenters. The monoisotopic (exact) mass is 269 g/mol. The average molecular weight is 269 g/mol. The van der Waals surface area contributed by atoms with E-state index in [0.717, 1.165) is 0 Å². The molecule has 0 rings (SSSR count). The van der Waals surface area contributed by atoms with Crippen molar-refractivity contribution in [2.45, 2.75) is 25.2 Å². The summed E-state index contributed by atoms with van der Waals surface area (Å²) < 4.78 is 17.4. The Hall–Kier alpha value is -0.210. The van der Waals surface area contributed by atoms with Crippen LogP contribution in [-0.2, 0) is 4.74 Å². The summed E-state index contributed by atoms with van der Waals surface area (Å²) >= 11 is 1.23. The molecule has 7 heteroatoms. The zero-order chi connectivity index (χ0) is 13.3. The van der Waals surface area contributed by atoms with Gasteiger partial charge in [-0.25, -0.2) is 4.39 Å². The van der Waals surface area contributed by atoms with Crippen LogP contribution in [0.1, 0.15) is 6.92 Å². The van der Waals surface area contributed by atoms with Gasteiger partial charge >= 0.3 is 0 Å². The summed E-state index contributed by atoms with van der Waals surface area (Å²) in [6.45, 7) is 0.807. The highest BCUT2D eigenvalue weighted by atomic mass is 32.2. The first-order valence-electron chi connectivity index (χ1n) is 5.28. The first kappa shape index (κ1) is 16.8. The standard InChI is InChI=1S/C10H20FNO4S/c1-7(14)10(15)8(6-13)16-4-3-12-9(5-11)17-2/h7-8,10,13-15H,3-6H2,1-2H3/t7-,8-,10+/m1/s1. The van der Waals surface area contributed by atoms with E-state index in [4.69, 9.17) is 14.9 Å². The molecule has 0 aliphatic heterocycles. The number of thioether (sulfide) groups is 1. The zero-order valence-corrected chi connectivity index (χ0v) is 10.9. The number of nitrogens with zero attached hydrogens (tertiary/aromatic N) is 1. The Morgan fingerprint density at radius 2 is 2.12 bits per heavy atom. The number of aliphatic hydroxyl groups excluding tert-OH is 3. The molecule has 0 aromatic heterocycles. The molecule has 0 spiro atoms. The minimum absolute atomic E-state index is 0.152. The van der Waals surface area contributed by atoms with Gasteiger partial charge < -0.3 is 20.1 Å². The molecule has 0 aliphatic rings. The molecule has 0 bridgehead atoms. The van der Waals surface area contributed by atoms with Crippen LogP contribution in [-0.4, -0.2) is 71.4 Å². The molecule has 0 aliphatic carbocycles. The summed E-state index contributed by atoms with van der Waals surface area (Å²) in [5, 5.41) is 27.9. The molecule has 0 fully saturated rings. The maximum Gasteiger partial charge on any atom is 0.137 e. The smallest absolute Gasteiger partial charge is 0.137 e. The van der Waals surface area contributed by atoms with Gasteiger partial charge in [-0.2, -0.15) is 0 Å². The number of alkyl halides is 1. The van der Waals surface area contributed by atoms with E-state index in [-0.39, 0.29) is 13.2 Å². The number of hydrogen-bond acceptors (Lipinski definition) is 6. The molecule has 17 heavy (non-hydrogen) atoms. The van der Waals surface area contributed by atoms with Gasteiger partial charge in [0.15, 0.2) is 0 Å². The number of aliphatic hydroxyl groups is 3. The molecule has 0 amide bonds. The minimum Gasteiger partial charge on any atom is -0.394 e. The maximum absolute atomic E-state index is 12.2.